The maximum Gasteiger partial charge on any atom is 0.246 e. The molecule has 4 rings (SSSR count). The van der Waals surface area contributed by atoms with E-state index in [4.69, 9.17) is 11.6 Å². The smallest absolute Gasteiger partial charge is 0.246 e. The van der Waals surface area contributed by atoms with E-state index in [0.717, 1.165) is 11.3 Å². The Balaban J connectivity index is 1.36. The van der Waals surface area contributed by atoms with E-state index in [1.807, 2.05) is 29.6 Å². The summed E-state index contributed by atoms with van der Waals surface area (Å²) in [6, 6.07) is 10.4. The quantitative estimate of drug-likeness (QED) is 0.582. The second-order valence-electron chi connectivity index (χ2n) is 6.83. The highest BCUT2D eigenvalue weighted by Crippen LogP contribution is 2.28. The number of piperidine rings is 1. The second kappa shape index (κ2) is 8.76. The largest absolute Gasteiger partial charge is 0.326 e. The van der Waals surface area contributed by atoms with Crippen LogP contribution in [0.4, 0.5) is 5.69 Å². The summed E-state index contributed by atoms with van der Waals surface area (Å²) in [7, 11) is -3.73. The lowest BCUT2D eigenvalue weighted by atomic mass is 9.97. The zero-order chi connectivity index (χ0) is 21.1. The number of halogens is 1. The number of hydrogen-bond acceptors (Lipinski definition) is 7. The number of hydrogen-bond donors (Lipinski definition) is 1. The van der Waals surface area contributed by atoms with Crippen molar-refractivity contribution in [1.29, 1.82) is 0 Å². The lowest BCUT2D eigenvalue weighted by Gasteiger charge is -2.30. The number of amides is 1. The Hall–Kier alpha value is -2.40. The van der Waals surface area contributed by atoms with E-state index < -0.39 is 10.0 Å². The molecule has 11 heteroatoms. The number of carbonyl (C=O) groups excluding carboxylic acids is 1. The summed E-state index contributed by atoms with van der Waals surface area (Å²) in [6.45, 7) is 0.503. The zero-order valence-electron chi connectivity index (χ0n) is 15.7. The molecule has 1 fully saturated rings. The molecule has 0 unspecified atom stereocenters. The first-order chi connectivity index (χ1) is 14.4. The molecular formula is C19H18ClN5O3S2. The van der Waals surface area contributed by atoms with Gasteiger partial charge in [0.05, 0.1) is 0 Å². The van der Waals surface area contributed by atoms with E-state index in [2.05, 4.69) is 19.9 Å². The molecule has 0 radical (unpaired) electrons. The van der Waals surface area contributed by atoms with Gasteiger partial charge in [0, 0.05) is 41.8 Å². The Kier molecular flexibility index (Phi) is 6.09. The van der Waals surface area contributed by atoms with Gasteiger partial charge in [-0.15, -0.1) is 5.10 Å². The van der Waals surface area contributed by atoms with Crippen molar-refractivity contribution in [3.63, 3.8) is 0 Å². The van der Waals surface area contributed by atoms with E-state index >= 15 is 0 Å². The van der Waals surface area contributed by atoms with Gasteiger partial charge >= 0.3 is 0 Å². The summed E-state index contributed by atoms with van der Waals surface area (Å²) in [6.07, 6.45) is 2.31. The Labute approximate surface area is 183 Å². The average Bonchev–Trinajstić information content (AvgIpc) is 3.29. The lowest BCUT2D eigenvalue weighted by Crippen LogP contribution is -2.41. The first kappa shape index (κ1) is 20.9. The number of carbonyl (C=O) groups is 1. The third-order valence-corrected chi connectivity index (χ3v) is 7.82. The summed E-state index contributed by atoms with van der Waals surface area (Å²) >= 11 is 7.23. The van der Waals surface area contributed by atoms with Gasteiger partial charge in [0.25, 0.3) is 0 Å². The van der Waals surface area contributed by atoms with Gasteiger partial charge in [-0.3, -0.25) is 4.79 Å². The third-order valence-electron chi connectivity index (χ3n) is 4.98. The highest BCUT2D eigenvalue weighted by atomic mass is 35.5. The highest BCUT2D eigenvalue weighted by molar-refractivity contribution is 7.89. The van der Waals surface area contributed by atoms with Crippen molar-refractivity contribution in [2.24, 2.45) is 5.92 Å². The monoisotopic (exact) mass is 463 g/mol. The van der Waals surface area contributed by atoms with Gasteiger partial charge in [-0.05, 0) is 48.6 Å². The molecule has 8 nitrogen and oxygen atoms in total. The SMILES string of the molecule is O=C(Nc1ccc(-c2csnn2)cc1)C1CCN(S(=O)(=O)c2cccnc2Cl)CC1. The minimum atomic E-state index is -3.73. The molecule has 1 amide bonds. The summed E-state index contributed by atoms with van der Waals surface area (Å²) in [5.41, 5.74) is 2.40. The van der Waals surface area contributed by atoms with Crippen molar-refractivity contribution < 1.29 is 13.2 Å². The van der Waals surface area contributed by atoms with E-state index in [9.17, 15) is 13.2 Å². The molecule has 2 aromatic heterocycles. The lowest BCUT2D eigenvalue weighted by molar-refractivity contribution is -0.120. The van der Waals surface area contributed by atoms with Gasteiger partial charge in [0.2, 0.25) is 15.9 Å². The minimum absolute atomic E-state index is 0.00929. The molecule has 3 heterocycles. The summed E-state index contributed by atoms with van der Waals surface area (Å²) in [5.74, 6) is -0.377. The molecule has 0 aliphatic carbocycles. The van der Waals surface area contributed by atoms with E-state index in [1.165, 1.54) is 34.2 Å². The fourth-order valence-corrected chi connectivity index (χ4v) is 5.68. The van der Waals surface area contributed by atoms with Crippen molar-refractivity contribution in [2.75, 3.05) is 18.4 Å². The van der Waals surface area contributed by atoms with Crippen LogP contribution in [0, 0.1) is 5.92 Å². The summed E-state index contributed by atoms with van der Waals surface area (Å²) in [5, 5.41) is 8.74. The molecule has 30 heavy (non-hydrogen) atoms. The Morgan fingerprint density at radius 2 is 1.90 bits per heavy atom. The van der Waals surface area contributed by atoms with Crippen molar-refractivity contribution in [3.05, 3.63) is 53.1 Å². The zero-order valence-corrected chi connectivity index (χ0v) is 18.1. The number of nitrogens with zero attached hydrogens (tertiary/aromatic N) is 4. The highest BCUT2D eigenvalue weighted by Gasteiger charge is 2.33. The number of pyridine rings is 1. The number of aromatic nitrogens is 3. The van der Waals surface area contributed by atoms with Crippen LogP contribution in [0.25, 0.3) is 11.3 Å². The molecule has 1 aliphatic rings. The minimum Gasteiger partial charge on any atom is -0.326 e. The summed E-state index contributed by atoms with van der Waals surface area (Å²) in [4.78, 5) is 16.5. The number of sulfonamides is 1. The van der Waals surface area contributed by atoms with Crippen LogP contribution in [0.3, 0.4) is 0 Å². The Morgan fingerprint density at radius 3 is 2.53 bits per heavy atom. The van der Waals surface area contributed by atoms with Crippen LogP contribution in [0.2, 0.25) is 5.15 Å². The van der Waals surface area contributed by atoms with Crippen LogP contribution in [0.1, 0.15) is 12.8 Å². The van der Waals surface area contributed by atoms with Crippen LogP contribution in [0.15, 0.2) is 52.9 Å². The second-order valence-corrected chi connectivity index (χ2v) is 9.70. The predicted molar refractivity (Wildman–Crippen MR) is 115 cm³/mol. The number of anilines is 1. The van der Waals surface area contributed by atoms with Crippen LogP contribution in [-0.2, 0) is 14.8 Å². The van der Waals surface area contributed by atoms with Crippen molar-refractivity contribution in [3.8, 4) is 11.3 Å². The number of rotatable bonds is 5. The molecule has 0 bridgehead atoms. The maximum atomic E-state index is 12.8. The molecule has 3 aromatic rings. The van der Waals surface area contributed by atoms with E-state index in [-0.39, 0.29) is 35.0 Å². The Bertz CT molecular complexity index is 1130. The van der Waals surface area contributed by atoms with Crippen LogP contribution >= 0.6 is 23.1 Å². The van der Waals surface area contributed by atoms with Gasteiger partial charge in [-0.2, -0.15) is 4.31 Å². The van der Waals surface area contributed by atoms with Gasteiger partial charge in [-0.1, -0.05) is 28.2 Å². The molecular weight excluding hydrogens is 446 g/mol. The van der Waals surface area contributed by atoms with Gasteiger partial charge in [0.1, 0.15) is 15.7 Å². The molecule has 1 saturated heterocycles. The van der Waals surface area contributed by atoms with Crippen molar-refractivity contribution in [2.45, 2.75) is 17.7 Å². The van der Waals surface area contributed by atoms with E-state index in [0.29, 0.717) is 18.5 Å². The molecule has 0 saturated carbocycles. The summed E-state index contributed by atoms with van der Waals surface area (Å²) < 4.78 is 30.8. The molecule has 0 atom stereocenters. The van der Waals surface area contributed by atoms with Crippen LogP contribution in [-0.4, -0.2) is 46.3 Å². The van der Waals surface area contributed by atoms with Crippen LogP contribution < -0.4 is 5.32 Å². The molecule has 1 aliphatic heterocycles. The number of benzene rings is 1. The first-order valence-corrected chi connectivity index (χ1v) is 11.9. The van der Waals surface area contributed by atoms with Gasteiger partial charge in [0.15, 0.2) is 0 Å². The predicted octanol–water partition coefficient (Wildman–Crippen LogP) is 3.29. The van der Waals surface area contributed by atoms with E-state index in [1.54, 1.807) is 0 Å². The van der Waals surface area contributed by atoms with Gasteiger partial charge in [-0.25, -0.2) is 13.4 Å². The Morgan fingerprint density at radius 1 is 1.17 bits per heavy atom. The fraction of sp³-hybridized carbons (Fsp3) is 0.263. The topological polar surface area (TPSA) is 105 Å². The average molecular weight is 464 g/mol. The van der Waals surface area contributed by atoms with Crippen LogP contribution in [0.5, 0.6) is 0 Å². The molecule has 156 valence electrons. The van der Waals surface area contributed by atoms with Crippen molar-refractivity contribution >= 4 is 44.8 Å². The fourth-order valence-electron chi connectivity index (χ4n) is 3.32. The van der Waals surface area contributed by atoms with Gasteiger partial charge < -0.3 is 5.32 Å². The standard InChI is InChI=1S/C19H18ClN5O3S2/c20-18-17(2-1-9-21-18)30(27,28)25-10-7-14(8-11-25)19(26)22-15-5-3-13(4-6-15)16-12-29-24-23-16/h1-6,9,12,14H,7-8,10-11H2,(H,22,26). The van der Waals surface area contributed by atoms with Crippen molar-refractivity contribution in [1.82, 2.24) is 18.9 Å². The normalized spacial score (nSPS) is 15.8. The molecule has 1 N–H and O–H groups in total. The first-order valence-electron chi connectivity index (χ1n) is 9.24. The molecule has 0 spiro atoms. The molecule has 1 aromatic carbocycles. The maximum absolute atomic E-state index is 12.8. The number of nitrogens with one attached hydrogen (secondary N) is 1. The third kappa shape index (κ3) is 4.36.